The Morgan fingerprint density at radius 3 is 2.33 bits per heavy atom. The molecule has 0 aromatic heterocycles. The minimum absolute atomic E-state index is 0.311. The molecule has 0 aromatic rings. The number of nitrogens with one attached hydrogen (secondary N) is 1. The summed E-state index contributed by atoms with van der Waals surface area (Å²) >= 11 is 0. The van der Waals surface area contributed by atoms with Gasteiger partial charge in [0.25, 0.3) is 0 Å². The SMILES string of the molecule is COCCCC(NC(=O)C(N)CCOC)C(=O)O. The molecule has 0 fully saturated rings. The third kappa shape index (κ3) is 7.21. The third-order valence-electron chi connectivity index (χ3n) is 2.43. The van der Waals surface area contributed by atoms with Gasteiger partial charge >= 0.3 is 5.97 Å². The van der Waals surface area contributed by atoms with Crippen molar-refractivity contribution < 1.29 is 24.2 Å². The Kier molecular flexibility index (Phi) is 9.17. The quantitative estimate of drug-likeness (QED) is 0.451. The van der Waals surface area contributed by atoms with Gasteiger partial charge in [-0.05, 0) is 19.3 Å². The molecule has 0 bridgehead atoms. The number of ether oxygens (including phenoxy) is 2. The molecule has 0 heterocycles. The molecule has 0 rings (SSSR count). The van der Waals surface area contributed by atoms with E-state index in [0.717, 1.165) is 0 Å². The van der Waals surface area contributed by atoms with Crippen molar-refractivity contribution in [3.8, 4) is 0 Å². The number of carboxylic acids is 1. The maximum Gasteiger partial charge on any atom is 0.326 e. The van der Waals surface area contributed by atoms with E-state index in [2.05, 4.69) is 5.32 Å². The fourth-order valence-corrected chi connectivity index (χ4v) is 1.34. The topological polar surface area (TPSA) is 111 Å². The number of methoxy groups -OCH3 is 2. The predicted octanol–water partition coefficient (Wildman–Crippen LogP) is -0.654. The number of rotatable bonds is 10. The van der Waals surface area contributed by atoms with Crippen molar-refractivity contribution in [2.45, 2.75) is 31.3 Å². The number of carboxylic acid groups (broad SMARTS) is 1. The molecule has 0 aliphatic carbocycles. The zero-order valence-corrected chi connectivity index (χ0v) is 10.8. The van der Waals surface area contributed by atoms with Crippen LogP contribution in [0, 0.1) is 0 Å². The van der Waals surface area contributed by atoms with E-state index in [9.17, 15) is 9.59 Å². The van der Waals surface area contributed by atoms with Crippen LogP contribution in [0.3, 0.4) is 0 Å². The highest BCUT2D eigenvalue weighted by Gasteiger charge is 2.22. The first-order valence-electron chi connectivity index (χ1n) is 5.79. The lowest BCUT2D eigenvalue weighted by atomic mass is 10.1. The van der Waals surface area contributed by atoms with E-state index in [1.165, 1.54) is 14.2 Å². The number of carbonyl (C=O) groups excluding carboxylic acids is 1. The Morgan fingerprint density at radius 1 is 1.22 bits per heavy atom. The van der Waals surface area contributed by atoms with Crippen LogP contribution in [0.15, 0.2) is 0 Å². The van der Waals surface area contributed by atoms with Gasteiger partial charge in [-0.25, -0.2) is 4.79 Å². The molecule has 0 spiro atoms. The summed E-state index contributed by atoms with van der Waals surface area (Å²) in [5.74, 6) is -1.55. The molecule has 0 aliphatic heterocycles. The molecular weight excluding hydrogens is 240 g/mol. The van der Waals surface area contributed by atoms with E-state index in [0.29, 0.717) is 32.5 Å². The van der Waals surface area contributed by atoms with E-state index in [4.69, 9.17) is 20.3 Å². The molecule has 4 N–H and O–H groups in total. The van der Waals surface area contributed by atoms with Gasteiger partial charge in [-0.1, -0.05) is 0 Å². The number of nitrogens with two attached hydrogens (primary N) is 1. The zero-order valence-electron chi connectivity index (χ0n) is 10.8. The van der Waals surface area contributed by atoms with Crippen LogP contribution in [0.5, 0.6) is 0 Å². The van der Waals surface area contributed by atoms with Gasteiger partial charge in [-0.2, -0.15) is 0 Å². The van der Waals surface area contributed by atoms with Crippen molar-refractivity contribution in [2.24, 2.45) is 5.73 Å². The monoisotopic (exact) mass is 262 g/mol. The third-order valence-corrected chi connectivity index (χ3v) is 2.43. The maximum absolute atomic E-state index is 11.6. The summed E-state index contributed by atoms with van der Waals surface area (Å²) in [6.07, 6.45) is 1.22. The minimum Gasteiger partial charge on any atom is -0.480 e. The largest absolute Gasteiger partial charge is 0.480 e. The fraction of sp³-hybridized carbons (Fsp3) is 0.818. The van der Waals surface area contributed by atoms with Crippen molar-refractivity contribution >= 4 is 11.9 Å². The maximum atomic E-state index is 11.6. The molecule has 2 atom stereocenters. The van der Waals surface area contributed by atoms with Crippen LogP contribution in [-0.2, 0) is 19.1 Å². The molecule has 0 aromatic carbocycles. The highest BCUT2D eigenvalue weighted by molar-refractivity contribution is 5.86. The van der Waals surface area contributed by atoms with Gasteiger partial charge in [0.1, 0.15) is 6.04 Å². The smallest absolute Gasteiger partial charge is 0.326 e. The van der Waals surface area contributed by atoms with Gasteiger partial charge in [0.05, 0.1) is 6.04 Å². The molecule has 106 valence electrons. The van der Waals surface area contributed by atoms with Crippen LogP contribution in [0.1, 0.15) is 19.3 Å². The molecule has 0 saturated carbocycles. The molecule has 1 amide bonds. The minimum atomic E-state index is -1.07. The Hall–Kier alpha value is -1.18. The lowest BCUT2D eigenvalue weighted by Gasteiger charge is -2.17. The highest BCUT2D eigenvalue weighted by Crippen LogP contribution is 2.00. The Bertz CT molecular complexity index is 260. The summed E-state index contributed by atoms with van der Waals surface area (Å²) in [6.45, 7) is 0.811. The molecular formula is C11H22N2O5. The van der Waals surface area contributed by atoms with Crippen LogP contribution in [-0.4, -0.2) is 56.5 Å². The average Bonchev–Trinajstić information content (AvgIpc) is 2.34. The molecule has 0 radical (unpaired) electrons. The number of aliphatic carboxylic acids is 1. The van der Waals surface area contributed by atoms with E-state index in [1.807, 2.05) is 0 Å². The Labute approximate surface area is 107 Å². The molecule has 7 heteroatoms. The Balaban J connectivity index is 4.14. The molecule has 0 aliphatic rings. The summed E-state index contributed by atoms with van der Waals surface area (Å²) in [5.41, 5.74) is 5.60. The summed E-state index contributed by atoms with van der Waals surface area (Å²) in [6, 6.07) is -1.68. The predicted molar refractivity (Wildman–Crippen MR) is 65.1 cm³/mol. The number of hydrogen-bond donors (Lipinski definition) is 3. The van der Waals surface area contributed by atoms with Crippen molar-refractivity contribution in [2.75, 3.05) is 27.4 Å². The molecule has 2 unspecified atom stereocenters. The highest BCUT2D eigenvalue weighted by atomic mass is 16.5. The van der Waals surface area contributed by atoms with Crippen LogP contribution < -0.4 is 11.1 Å². The van der Waals surface area contributed by atoms with E-state index in [1.54, 1.807) is 0 Å². The van der Waals surface area contributed by atoms with Crippen LogP contribution >= 0.6 is 0 Å². The first kappa shape index (κ1) is 16.8. The molecule has 7 nitrogen and oxygen atoms in total. The summed E-state index contributed by atoms with van der Waals surface area (Å²) in [7, 11) is 3.05. The fourth-order valence-electron chi connectivity index (χ4n) is 1.34. The van der Waals surface area contributed by atoms with Gasteiger partial charge in [-0.3, -0.25) is 4.79 Å². The molecule has 0 saturated heterocycles. The second-order valence-electron chi connectivity index (χ2n) is 3.92. The van der Waals surface area contributed by atoms with Crippen molar-refractivity contribution in [3.05, 3.63) is 0 Å². The number of carbonyl (C=O) groups is 2. The standard InChI is InChI=1S/C11H22N2O5/c1-17-6-3-4-9(11(15)16)13-10(14)8(12)5-7-18-2/h8-9H,3-7,12H2,1-2H3,(H,13,14)(H,15,16). The van der Waals surface area contributed by atoms with Crippen LogP contribution in [0.25, 0.3) is 0 Å². The van der Waals surface area contributed by atoms with Crippen molar-refractivity contribution in [3.63, 3.8) is 0 Å². The second-order valence-corrected chi connectivity index (χ2v) is 3.92. The average molecular weight is 262 g/mol. The van der Waals surface area contributed by atoms with Crippen LogP contribution in [0.4, 0.5) is 0 Å². The van der Waals surface area contributed by atoms with Gasteiger partial charge in [0, 0.05) is 27.4 Å². The first-order chi connectivity index (χ1) is 8.52. The zero-order chi connectivity index (χ0) is 14.0. The van der Waals surface area contributed by atoms with Gasteiger partial charge < -0.3 is 25.6 Å². The van der Waals surface area contributed by atoms with E-state index < -0.39 is 24.0 Å². The second kappa shape index (κ2) is 9.81. The first-order valence-corrected chi connectivity index (χ1v) is 5.79. The van der Waals surface area contributed by atoms with Crippen molar-refractivity contribution in [1.82, 2.24) is 5.32 Å². The number of hydrogen-bond acceptors (Lipinski definition) is 5. The van der Waals surface area contributed by atoms with E-state index >= 15 is 0 Å². The lowest BCUT2D eigenvalue weighted by molar-refractivity contribution is -0.142. The van der Waals surface area contributed by atoms with E-state index in [-0.39, 0.29) is 0 Å². The normalized spacial score (nSPS) is 13.9. The summed E-state index contributed by atoms with van der Waals surface area (Å²) in [4.78, 5) is 22.6. The number of amides is 1. The van der Waals surface area contributed by atoms with Crippen LogP contribution in [0.2, 0.25) is 0 Å². The summed E-state index contributed by atoms with van der Waals surface area (Å²) in [5, 5.41) is 11.4. The Morgan fingerprint density at radius 2 is 1.83 bits per heavy atom. The van der Waals surface area contributed by atoms with Gasteiger partial charge in [0.15, 0.2) is 0 Å². The summed E-state index contributed by atoms with van der Waals surface area (Å²) < 4.78 is 9.63. The lowest BCUT2D eigenvalue weighted by Crippen LogP contribution is -2.48. The van der Waals surface area contributed by atoms with Crippen molar-refractivity contribution in [1.29, 1.82) is 0 Å². The van der Waals surface area contributed by atoms with Gasteiger partial charge in [0.2, 0.25) is 5.91 Å². The van der Waals surface area contributed by atoms with Gasteiger partial charge in [-0.15, -0.1) is 0 Å². The molecule has 18 heavy (non-hydrogen) atoms.